The van der Waals surface area contributed by atoms with Crippen LogP contribution in [0.3, 0.4) is 0 Å². The summed E-state index contributed by atoms with van der Waals surface area (Å²) in [4.78, 5) is 29.1. The van der Waals surface area contributed by atoms with E-state index in [1.807, 2.05) is 25.1 Å². The van der Waals surface area contributed by atoms with Gasteiger partial charge in [-0.05, 0) is 36.8 Å². The standard InChI is InChI=1S/C18H12ClN3O3S/c1-10-2-7-13(25-10)9-15-17(24)22-18(26-15)20-16(23)14(21-22)8-11-3-5-12(19)6-4-11/h2-7,9H,8H2,1H3/b15-9+. The van der Waals surface area contributed by atoms with Gasteiger partial charge in [-0.3, -0.25) is 9.59 Å². The largest absolute Gasteiger partial charge is 0.462 e. The highest BCUT2D eigenvalue weighted by Gasteiger charge is 2.12. The summed E-state index contributed by atoms with van der Waals surface area (Å²) >= 11 is 6.97. The molecule has 0 spiro atoms. The van der Waals surface area contributed by atoms with Crippen LogP contribution in [0.2, 0.25) is 5.02 Å². The molecule has 0 aliphatic heterocycles. The van der Waals surface area contributed by atoms with Crippen LogP contribution in [0, 0.1) is 6.92 Å². The molecule has 3 heterocycles. The van der Waals surface area contributed by atoms with Crippen molar-refractivity contribution in [3.05, 3.63) is 89.4 Å². The number of hydrogen-bond acceptors (Lipinski definition) is 6. The molecule has 0 bridgehead atoms. The number of halogens is 1. The van der Waals surface area contributed by atoms with Crippen molar-refractivity contribution in [2.24, 2.45) is 0 Å². The van der Waals surface area contributed by atoms with Crippen molar-refractivity contribution in [3.8, 4) is 0 Å². The number of fused-ring (bicyclic) bond motifs is 1. The van der Waals surface area contributed by atoms with Gasteiger partial charge in [0.1, 0.15) is 21.7 Å². The Morgan fingerprint density at radius 1 is 1.19 bits per heavy atom. The van der Waals surface area contributed by atoms with E-state index in [2.05, 4.69) is 10.1 Å². The zero-order valence-electron chi connectivity index (χ0n) is 13.6. The first-order chi connectivity index (χ1) is 12.5. The molecule has 0 aliphatic carbocycles. The van der Waals surface area contributed by atoms with E-state index in [-0.39, 0.29) is 22.6 Å². The van der Waals surface area contributed by atoms with Crippen molar-refractivity contribution in [2.45, 2.75) is 13.3 Å². The molecule has 0 radical (unpaired) electrons. The van der Waals surface area contributed by atoms with Gasteiger partial charge in [-0.2, -0.15) is 14.6 Å². The zero-order chi connectivity index (χ0) is 18.3. The highest BCUT2D eigenvalue weighted by molar-refractivity contribution is 7.15. The quantitative estimate of drug-likeness (QED) is 0.540. The summed E-state index contributed by atoms with van der Waals surface area (Å²) in [6, 6.07) is 10.7. The van der Waals surface area contributed by atoms with E-state index in [1.54, 1.807) is 24.3 Å². The van der Waals surface area contributed by atoms with Gasteiger partial charge in [0.2, 0.25) is 4.96 Å². The molecule has 130 valence electrons. The lowest BCUT2D eigenvalue weighted by atomic mass is 10.1. The molecule has 0 saturated carbocycles. The SMILES string of the molecule is Cc1ccc(/C=c2/sc3nc(=O)c(Cc4ccc(Cl)cc4)nn3c2=O)o1. The van der Waals surface area contributed by atoms with E-state index in [4.69, 9.17) is 16.0 Å². The maximum Gasteiger partial charge on any atom is 0.296 e. The lowest BCUT2D eigenvalue weighted by molar-refractivity contribution is 0.525. The summed E-state index contributed by atoms with van der Waals surface area (Å²) in [5, 5.41) is 4.83. The number of hydrogen-bond donors (Lipinski definition) is 0. The van der Waals surface area contributed by atoms with Crippen molar-refractivity contribution < 1.29 is 4.42 Å². The van der Waals surface area contributed by atoms with Crippen molar-refractivity contribution in [3.63, 3.8) is 0 Å². The molecule has 0 unspecified atom stereocenters. The molecule has 6 nitrogen and oxygen atoms in total. The molecule has 4 aromatic rings. The number of thiazole rings is 1. The molecule has 3 aromatic heterocycles. The van der Waals surface area contributed by atoms with Gasteiger partial charge in [0.05, 0.1) is 0 Å². The number of benzene rings is 1. The summed E-state index contributed by atoms with van der Waals surface area (Å²) in [6.45, 7) is 1.82. The number of nitrogens with zero attached hydrogens (tertiary/aromatic N) is 3. The number of rotatable bonds is 3. The van der Waals surface area contributed by atoms with Crippen LogP contribution >= 0.6 is 22.9 Å². The highest BCUT2D eigenvalue weighted by Crippen LogP contribution is 2.11. The van der Waals surface area contributed by atoms with E-state index in [1.165, 1.54) is 4.52 Å². The Hall–Kier alpha value is -2.77. The van der Waals surface area contributed by atoms with E-state index < -0.39 is 5.56 Å². The predicted octanol–water partition coefficient (Wildman–Crippen LogP) is 2.20. The second-order valence-electron chi connectivity index (χ2n) is 5.73. The molecule has 0 fully saturated rings. The normalized spacial score (nSPS) is 12.2. The minimum atomic E-state index is -0.443. The van der Waals surface area contributed by atoms with Gasteiger partial charge in [0, 0.05) is 17.5 Å². The van der Waals surface area contributed by atoms with Crippen molar-refractivity contribution in [2.75, 3.05) is 0 Å². The van der Waals surface area contributed by atoms with E-state index in [0.29, 0.717) is 15.3 Å². The van der Waals surface area contributed by atoms with E-state index in [9.17, 15) is 9.59 Å². The van der Waals surface area contributed by atoms with Gasteiger partial charge in [-0.1, -0.05) is 35.1 Å². The summed E-state index contributed by atoms with van der Waals surface area (Å²) in [5.74, 6) is 1.32. The Kier molecular flexibility index (Phi) is 4.18. The monoisotopic (exact) mass is 385 g/mol. The van der Waals surface area contributed by atoms with Crippen LogP contribution in [-0.4, -0.2) is 14.6 Å². The first-order valence-electron chi connectivity index (χ1n) is 7.75. The van der Waals surface area contributed by atoms with Crippen LogP contribution in [0.25, 0.3) is 11.0 Å². The molecule has 0 atom stereocenters. The minimum absolute atomic E-state index is 0.208. The first-order valence-corrected chi connectivity index (χ1v) is 8.94. The molecule has 0 amide bonds. The Labute approximate surface area is 156 Å². The van der Waals surface area contributed by atoms with Crippen LogP contribution in [0.1, 0.15) is 22.8 Å². The van der Waals surface area contributed by atoms with Crippen LogP contribution in [-0.2, 0) is 6.42 Å². The van der Waals surface area contributed by atoms with E-state index in [0.717, 1.165) is 22.7 Å². The third-order valence-electron chi connectivity index (χ3n) is 3.77. The first kappa shape index (κ1) is 16.7. The topological polar surface area (TPSA) is 77.5 Å². The maximum atomic E-state index is 12.6. The fourth-order valence-corrected chi connectivity index (χ4v) is 3.52. The van der Waals surface area contributed by atoms with Crippen molar-refractivity contribution in [1.29, 1.82) is 0 Å². The number of furan rings is 1. The highest BCUT2D eigenvalue weighted by atomic mass is 35.5. The fraction of sp³-hybridized carbons (Fsp3) is 0.111. The Morgan fingerprint density at radius 3 is 2.65 bits per heavy atom. The second kappa shape index (κ2) is 6.51. The van der Waals surface area contributed by atoms with Gasteiger partial charge in [-0.15, -0.1) is 0 Å². The van der Waals surface area contributed by atoms with Crippen molar-refractivity contribution >= 4 is 34.0 Å². The lowest BCUT2D eigenvalue weighted by Gasteiger charge is -2.00. The number of aryl methyl sites for hydroxylation is 1. The van der Waals surface area contributed by atoms with Gasteiger partial charge >= 0.3 is 0 Å². The smallest absolute Gasteiger partial charge is 0.296 e. The zero-order valence-corrected chi connectivity index (χ0v) is 15.2. The minimum Gasteiger partial charge on any atom is -0.462 e. The van der Waals surface area contributed by atoms with Crippen LogP contribution in [0.15, 0.2) is 50.4 Å². The summed E-state index contributed by atoms with van der Waals surface area (Å²) in [7, 11) is 0. The molecular formula is C18H12ClN3O3S. The van der Waals surface area contributed by atoms with Crippen LogP contribution in [0.4, 0.5) is 0 Å². The Bertz CT molecular complexity index is 1270. The molecule has 0 saturated heterocycles. The summed E-state index contributed by atoms with van der Waals surface area (Å²) < 4.78 is 7.03. The van der Waals surface area contributed by atoms with Gasteiger partial charge < -0.3 is 4.42 Å². The fourth-order valence-electron chi connectivity index (χ4n) is 2.51. The van der Waals surface area contributed by atoms with Crippen LogP contribution < -0.4 is 15.7 Å². The van der Waals surface area contributed by atoms with Crippen LogP contribution in [0.5, 0.6) is 0 Å². The predicted molar refractivity (Wildman–Crippen MR) is 99.9 cm³/mol. The Balaban J connectivity index is 1.80. The molecule has 4 rings (SSSR count). The molecule has 1 aromatic carbocycles. The summed E-state index contributed by atoms with van der Waals surface area (Å²) in [5.41, 5.74) is 0.298. The van der Waals surface area contributed by atoms with Gasteiger partial charge in [0.25, 0.3) is 11.1 Å². The Morgan fingerprint density at radius 2 is 1.96 bits per heavy atom. The average molecular weight is 386 g/mol. The molecular weight excluding hydrogens is 374 g/mol. The molecule has 0 N–H and O–H groups in total. The van der Waals surface area contributed by atoms with Crippen molar-refractivity contribution in [1.82, 2.24) is 14.6 Å². The van der Waals surface area contributed by atoms with E-state index >= 15 is 0 Å². The third kappa shape index (κ3) is 3.18. The molecule has 8 heteroatoms. The third-order valence-corrected chi connectivity index (χ3v) is 4.98. The maximum absolute atomic E-state index is 12.6. The summed E-state index contributed by atoms with van der Waals surface area (Å²) in [6.07, 6.45) is 1.90. The van der Waals surface area contributed by atoms with Gasteiger partial charge in [0.15, 0.2) is 0 Å². The lowest BCUT2D eigenvalue weighted by Crippen LogP contribution is -2.28. The second-order valence-corrected chi connectivity index (χ2v) is 7.17. The van der Waals surface area contributed by atoms with Gasteiger partial charge in [-0.25, -0.2) is 0 Å². The average Bonchev–Trinajstić information content (AvgIpc) is 3.14. The number of aromatic nitrogens is 3. The molecule has 26 heavy (non-hydrogen) atoms. The molecule has 0 aliphatic rings.